The maximum absolute atomic E-state index is 14.5. The Hall–Kier alpha value is -4.01. The number of benzene rings is 1. The first-order valence-corrected chi connectivity index (χ1v) is 15.0. The molecule has 4 rings (SSSR count). The third kappa shape index (κ3) is 7.03. The highest BCUT2D eigenvalue weighted by atomic mass is 16.6. The molecule has 0 radical (unpaired) electrons. The van der Waals surface area contributed by atoms with Crippen molar-refractivity contribution in [2.45, 2.75) is 98.6 Å². The van der Waals surface area contributed by atoms with Gasteiger partial charge in [-0.1, -0.05) is 51.1 Å². The number of fused-ring (bicyclic) bond motifs is 4. The van der Waals surface area contributed by atoms with Crippen LogP contribution >= 0.6 is 0 Å². The largest absolute Gasteiger partial charge is 0.458 e. The number of Topliss-reactive ketones (excluding diaryl/α,β-unsaturated/α-hetero) is 1. The van der Waals surface area contributed by atoms with Crippen LogP contribution in [0.3, 0.4) is 0 Å². The van der Waals surface area contributed by atoms with E-state index >= 15 is 0 Å². The second-order valence-corrected chi connectivity index (χ2v) is 12.9. The molecule has 6 atom stereocenters. The fourth-order valence-corrected chi connectivity index (χ4v) is 7.08. The van der Waals surface area contributed by atoms with Crippen molar-refractivity contribution in [1.29, 1.82) is 0 Å². The van der Waals surface area contributed by atoms with Gasteiger partial charge in [0.2, 0.25) is 0 Å². The maximum Gasteiger partial charge on any atom is 0.331 e. The van der Waals surface area contributed by atoms with Gasteiger partial charge in [0, 0.05) is 38.2 Å². The topological polar surface area (TPSA) is 122 Å². The minimum atomic E-state index is -1.24. The lowest BCUT2D eigenvalue weighted by Crippen LogP contribution is -2.53. The highest BCUT2D eigenvalue weighted by Gasteiger charge is 2.55. The minimum Gasteiger partial charge on any atom is -0.458 e. The Morgan fingerprint density at radius 3 is 2.11 bits per heavy atom. The molecule has 0 saturated heterocycles. The molecular weight excluding hydrogens is 564 g/mol. The van der Waals surface area contributed by atoms with Crippen LogP contribution in [0.4, 0.5) is 0 Å². The number of ether oxygens (including phenoxy) is 4. The van der Waals surface area contributed by atoms with Gasteiger partial charge in [0.05, 0.1) is 0 Å². The third-order valence-corrected chi connectivity index (χ3v) is 9.20. The monoisotopic (exact) mass is 606 g/mol. The minimum absolute atomic E-state index is 0.217. The Bertz CT molecular complexity index is 1420. The Morgan fingerprint density at radius 1 is 0.864 bits per heavy atom. The quantitative estimate of drug-likeness (QED) is 0.180. The summed E-state index contributed by atoms with van der Waals surface area (Å²) in [5, 5.41) is 0. The smallest absolute Gasteiger partial charge is 0.331 e. The van der Waals surface area contributed by atoms with E-state index in [-0.39, 0.29) is 12.2 Å². The van der Waals surface area contributed by atoms with Crippen LogP contribution in [0.2, 0.25) is 0 Å². The van der Waals surface area contributed by atoms with Gasteiger partial charge < -0.3 is 18.9 Å². The van der Waals surface area contributed by atoms with E-state index in [1.165, 1.54) is 26.8 Å². The van der Waals surface area contributed by atoms with Crippen molar-refractivity contribution in [3.05, 3.63) is 64.8 Å². The van der Waals surface area contributed by atoms with Crippen LogP contribution in [0.5, 0.6) is 0 Å². The van der Waals surface area contributed by atoms with E-state index in [9.17, 15) is 24.0 Å². The van der Waals surface area contributed by atoms with E-state index in [0.29, 0.717) is 36.0 Å². The van der Waals surface area contributed by atoms with Gasteiger partial charge in [0.1, 0.15) is 18.3 Å². The second-order valence-electron chi connectivity index (χ2n) is 12.9. The first-order valence-electron chi connectivity index (χ1n) is 15.0. The molecule has 9 heteroatoms. The van der Waals surface area contributed by atoms with Crippen LogP contribution in [0.1, 0.15) is 79.7 Å². The summed E-state index contributed by atoms with van der Waals surface area (Å²) >= 11 is 0. The fourth-order valence-electron chi connectivity index (χ4n) is 7.08. The molecule has 0 amide bonds. The Morgan fingerprint density at radius 2 is 1.50 bits per heavy atom. The molecule has 1 aromatic rings. The van der Waals surface area contributed by atoms with Crippen LogP contribution < -0.4 is 0 Å². The summed E-state index contributed by atoms with van der Waals surface area (Å²) in [5.74, 6) is -2.93. The van der Waals surface area contributed by atoms with Gasteiger partial charge in [0.15, 0.2) is 11.9 Å². The lowest BCUT2D eigenvalue weighted by Gasteiger charge is -2.50. The molecular formula is C35H42O9. The molecule has 0 aliphatic heterocycles. The van der Waals surface area contributed by atoms with E-state index in [2.05, 4.69) is 0 Å². The summed E-state index contributed by atoms with van der Waals surface area (Å²) < 4.78 is 23.4. The normalized spacial score (nSPS) is 29.8. The summed E-state index contributed by atoms with van der Waals surface area (Å²) in [4.78, 5) is 64.5. The average Bonchev–Trinajstić information content (AvgIpc) is 2.93. The number of rotatable bonds is 6. The SMILES string of the molecule is CC(=O)O[C@H]1C(=O)[C@]2(C)CC[C@@H](OC(=O)C=Cc3ccccc3)C(=C[C@H](OC(C)=O)[C@@H]3C[C@H](OC(C)=O)C(C)=C1C3(C)C)C2. The van der Waals surface area contributed by atoms with Crippen molar-refractivity contribution in [2.75, 3.05) is 0 Å². The van der Waals surface area contributed by atoms with Gasteiger partial charge in [0.25, 0.3) is 0 Å². The summed E-state index contributed by atoms with van der Waals surface area (Å²) in [7, 11) is 0. The lowest BCUT2D eigenvalue weighted by atomic mass is 9.57. The number of hydrogen-bond donors (Lipinski definition) is 0. The zero-order valence-corrected chi connectivity index (χ0v) is 26.5. The molecule has 0 aromatic heterocycles. The van der Waals surface area contributed by atoms with Crippen LogP contribution in [0.25, 0.3) is 6.08 Å². The molecule has 9 nitrogen and oxygen atoms in total. The third-order valence-electron chi connectivity index (χ3n) is 9.20. The van der Waals surface area contributed by atoms with Crippen LogP contribution in [-0.2, 0) is 42.9 Å². The zero-order valence-electron chi connectivity index (χ0n) is 26.5. The first kappa shape index (κ1) is 32.9. The van der Waals surface area contributed by atoms with Crippen LogP contribution in [-0.4, -0.2) is 54.1 Å². The van der Waals surface area contributed by atoms with E-state index in [0.717, 1.165) is 5.56 Å². The van der Waals surface area contributed by atoms with Gasteiger partial charge in [-0.25, -0.2) is 4.79 Å². The summed E-state index contributed by atoms with van der Waals surface area (Å²) in [6.45, 7) is 11.3. The Labute approximate surface area is 258 Å². The molecule has 3 aliphatic carbocycles. The fraction of sp³-hybridized carbons (Fsp3) is 0.514. The van der Waals surface area contributed by atoms with Gasteiger partial charge in [-0.3, -0.25) is 19.2 Å². The van der Waals surface area contributed by atoms with Crippen molar-refractivity contribution in [3.63, 3.8) is 0 Å². The number of esters is 4. The molecule has 236 valence electrons. The molecule has 0 spiro atoms. The Kier molecular flexibility index (Phi) is 9.66. The van der Waals surface area contributed by atoms with Crippen molar-refractivity contribution in [2.24, 2.45) is 16.7 Å². The molecule has 0 N–H and O–H groups in total. The first-order chi connectivity index (χ1) is 20.6. The van der Waals surface area contributed by atoms with Gasteiger partial charge >= 0.3 is 23.9 Å². The van der Waals surface area contributed by atoms with Gasteiger partial charge in [-0.15, -0.1) is 0 Å². The van der Waals surface area contributed by atoms with Crippen molar-refractivity contribution < 1.29 is 42.9 Å². The number of ketones is 1. The molecule has 1 saturated carbocycles. The van der Waals surface area contributed by atoms with E-state index < -0.39 is 65.0 Å². The predicted octanol–water partition coefficient (Wildman–Crippen LogP) is 5.47. The summed E-state index contributed by atoms with van der Waals surface area (Å²) in [5.41, 5.74) is 0.867. The predicted molar refractivity (Wildman–Crippen MR) is 162 cm³/mol. The number of carbonyl (C=O) groups is 5. The average molecular weight is 607 g/mol. The molecule has 1 fully saturated rings. The van der Waals surface area contributed by atoms with E-state index in [1.807, 2.05) is 57.2 Å². The molecule has 0 heterocycles. The summed E-state index contributed by atoms with van der Waals surface area (Å²) in [6, 6.07) is 9.36. The molecule has 3 aliphatic rings. The molecule has 4 bridgehead atoms. The lowest BCUT2D eigenvalue weighted by molar-refractivity contribution is -0.160. The molecule has 1 aromatic carbocycles. The van der Waals surface area contributed by atoms with Crippen molar-refractivity contribution in [1.82, 2.24) is 0 Å². The van der Waals surface area contributed by atoms with Crippen molar-refractivity contribution in [3.8, 4) is 0 Å². The molecule has 44 heavy (non-hydrogen) atoms. The molecule has 0 unspecified atom stereocenters. The summed E-state index contributed by atoms with van der Waals surface area (Å²) in [6.07, 6.45) is 2.63. The highest BCUT2D eigenvalue weighted by molar-refractivity contribution is 5.94. The number of hydrogen-bond acceptors (Lipinski definition) is 9. The highest BCUT2D eigenvalue weighted by Crippen LogP contribution is 2.53. The van der Waals surface area contributed by atoms with Crippen LogP contribution in [0.15, 0.2) is 59.2 Å². The standard InChI is InChI=1S/C35H42O9/c1-20-28(41-21(2)36)18-26-29(42-22(3)37)17-25-19-35(7,33(40)32(43-23(4)38)31(20)34(26,5)6)16-15-27(25)44-30(39)14-13-24-11-9-8-10-12-24/h8-14,17,26-29,32H,15-16,18-19H2,1-7H3/t26-,27+,28-,29-,32+,35+/m0/s1. The zero-order chi connectivity index (χ0) is 32.4. The van der Waals surface area contributed by atoms with Gasteiger partial charge in [-0.05, 0) is 72.5 Å². The Balaban J connectivity index is 1.84. The van der Waals surface area contributed by atoms with E-state index in [1.54, 1.807) is 13.0 Å². The van der Waals surface area contributed by atoms with E-state index in [4.69, 9.17) is 18.9 Å². The van der Waals surface area contributed by atoms with Gasteiger partial charge in [-0.2, -0.15) is 0 Å². The second kappa shape index (κ2) is 12.9. The number of carbonyl (C=O) groups excluding carboxylic acids is 5. The van der Waals surface area contributed by atoms with Crippen molar-refractivity contribution >= 4 is 35.7 Å². The maximum atomic E-state index is 14.5. The van der Waals surface area contributed by atoms with Crippen LogP contribution in [0, 0.1) is 16.7 Å².